The van der Waals surface area contributed by atoms with Crippen LogP contribution in [0.5, 0.6) is 0 Å². The molecule has 2 nitrogen and oxygen atoms in total. The van der Waals surface area contributed by atoms with Crippen molar-refractivity contribution in [1.82, 2.24) is 0 Å². The van der Waals surface area contributed by atoms with Crippen molar-refractivity contribution in [3.8, 4) is 0 Å². The Morgan fingerprint density at radius 3 is 2.36 bits per heavy atom. The lowest BCUT2D eigenvalue weighted by atomic mass is 10.3. The summed E-state index contributed by atoms with van der Waals surface area (Å²) in [5.41, 5.74) is 0. The molecule has 0 bridgehead atoms. The molecule has 0 aliphatic rings. The number of halogens is 2. The summed E-state index contributed by atoms with van der Waals surface area (Å²) in [5.74, 6) is 2.41. The van der Waals surface area contributed by atoms with Gasteiger partial charge in [-0.2, -0.15) is 23.5 Å². The highest BCUT2D eigenvalue weighted by Gasteiger charge is 2.09. The highest BCUT2D eigenvalue weighted by atomic mass is 35.5. The van der Waals surface area contributed by atoms with Gasteiger partial charge in [0.2, 0.25) is 0 Å². The monoisotopic (exact) mass is 275 g/mol. The molecule has 0 radical (unpaired) electrons. The molecule has 1 atom stereocenters. The van der Waals surface area contributed by atoms with Gasteiger partial charge in [0.05, 0.1) is 5.97 Å². The van der Waals surface area contributed by atoms with E-state index in [9.17, 15) is 9.90 Å². The Bertz CT molecular complexity index is 158. The molecule has 0 saturated carbocycles. The highest BCUT2D eigenvalue weighted by molar-refractivity contribution is 8.01. The first-order valence-corrected chi connectivity index (χ1v) is 7.51. The van der Waals surface area contributed by atoms with E-state index in [4.69, 9.17) is 23.2 Å². The van der Waals surface area contributed by atoms with Crippen LogP contribution in [0.3, 0.4) is 0 Å². The maximum Gasteiger partial charge on any atom is 0.0544 e. The summed E-state index contributed by atoms with van der Waals surface area (Å²) in [6.45, 7) is 0. The summed E-state index contributed by atoms with van der Waals surface area (Å²) in [5, 5.41) is 10.2. The molecule has 0 heterocycles. The van der Waals surface area contributed by atoms with E-state index in [1.54, 1.807) is 11.8 Å². The first-order valence-electron chi connectivity index (χ1n) is 4.24. The lowest BCUT2D eigenvalue weighted by molar-refractivity contribution is -0.304. The third-order valence-electron chi connectivity index (χ3n) is 1.40. The fraction of sp³-hybridized carbons (Fsp3) is 0.875. The second-order valence-corrected chi connectivity index (χ2v) is 5.75. The molecule has 14 heavy (non-hydrogen) atoms. The van der Waals surface area contributed by atoms with E-state index in [2.05, 4.69) is 0 Å². The van der Waals surface area contributed by atoms with Crippen LogP contribution in [0.1, 0.15) is 6.42 Å². The Morgan fingerprint density at radius 1 is 1.21 bits per heavy atom. The van der Waals surface area contributed by atoms with Crippen LogP contribution in [0.15, 0.2) is 0 Å². The standard InChI is InChI=1S/C8H14Cl2O2S2/c9-2-5-13-4-1-7(8(11)12)14-6-3-10/h7H,1-6H2,(H,11,12)/p-1. The van der Waals surface area contributed by atoms with Crippen molar-refractivity contribution in [1.29, 1.82) is 0 Å². The van der Waals surface area contributed by atoms with Gasteiger partial charge in [-0.15, -0.1) is 23.2 Å². The zero-order chi connectivity index (χ0) is 10.8. The fourth-order valence-electron chi connectivity index (χ4n) is 0.803. The van der Waals surface area contributed by atoms with E-state index in [1.165, 1.54) is 11.8 Å². The van der Waals surface area contributed by atoms with E-state index in [0.29, 0.717) is 23.9 Å². The molecule has 0 rings (SSSR count). The normalized spacial score (nSPS) is 12.7. The van der Waals surface area contributed by atoms with Crippen molar-refractivity contribution in [2.45, 2.75) is 11.7 Å². The second-order valence-electron chi connectivity index (χ2n) is 2.46. The summed E-state index contributed by atoms with van der Waals surface area (Å²) in [6, 6.07) is 0. The molecule has 84 valence electrons. The van der Waals surface area contributed by atoms with Crippen LogP contribution in [0.2, 0.25) is 0 Å². The first-order chi connectivity index (χ1) is 6.72. The maximum atomic E-state index is 10.7. The number of carbonyl (C=O) groups excluding carboxylic acids is 1. The smallest absolute Gasteiger partial charge is 0.0544 e. The molecule has 0 N–H and O–H groups in total. The van der Waals surface area contributed by atoms with E-state index in [1.807, 2.05) is 0 Å². The van der Waals surface area contributed by atoms with Crippen LogP contribution >= 0.6 is 46.7 Å². The minimum Gasteiger partial charge on any atom is -0.549 e. The van der Waals surface area contributed by atoms with Gasteiger partial charge < -0.3 is 9.90 Å². The molecule has 0 aliphatic carbocycles. The topological polar surface area (TPSA) is 40.1 Å². The zero-order valence-corrected chi connectivity index (χ0v) is 10.9. The van der Waals surface area contributed by atoms with E-state index in [0.717, 1.165) is 11.5 Å². The lowest BCUT2D eigenvalue weighted by Gasteiger charge is -2.16. The number of thioether (sulfide) groups is 2. The van der Waals surface area contributed by atoms with Crippen molar-refractivity contribution in [3.63, 3.8) is 0 Å². The maximum absolute atomic E-state index is 10.7. The van der Waals surface area contributed by atoms with Crippen molar-refractivity contribution in [2.24, 2.45) is 0 Å². The third-order valence-corrected chi connectivity index (χ3v) is 4.52. The Balaban J connectivity index is 3.57. The van der Waals surface area contributed by atoms with Crippen molar-refractivity contribution in [3.05, 3.63) is 0 Å². The molecule has 0 saturated heterocycles. The number of carboxylic acids is 1. The van der Waals surface area contributed by atoms with Gasteiger partial charge in [0.25, 0.3) is 0 Å². The molecule has 0 aromatic carbocycles. The van der Waals surface area contributed by atoms with Gasteiger partial charge >= 0.3 is 0 Å². The van der Waals surface area contributed by atoms with E-state index < -0.39 is 11.2 Å². The molecule has 0 aromatic rings. The summed E-state index contributed by atoms with van der Waals surface area (Å²) < 4.78 is 0. The Morgan fingerprint density at radius 2 is 1.86 bits per heavy atom. The van der Waals surface area contributed by atoms with Crippen LogP contribution in [0.25, 0.3) is 0 Å². The SMILES string of the molecule is O=C([O-])C(CCSCCCl)SCCCl. The number of alkyl halides is 2. The number of hydrogen-bond acceptors (Lipinski definition) is 4. The largest absolute Gasteiger partial charge is 0.549 e. The van der Waals surface area contributed by atoms with Gasteiger partial charge in [0.1, 0.15) is 0 Å². The zero-order valence-electron chi connectivity index (χ0n) is 7.71. The Hall–Kier alpha value is 0.750. The number of hydrogen-bond donors (Lipinski definition) is 0. The fourth-order valence-corrected chi connectivity index (χ4v) is 3.06. The highest BCUT2D eigenvalue weighted by Crippen LogP contribution is 2.17. The molecule has 0 spiro atoms. The minimum absolute atomic E-state index is 0.434. The van der Waals surface area contributed by atoms with Gasteiger partial charge in [0.15, 0.2) is 0 Å². The van der Waals surface area contributed by atoms with Gasteiger partial charge in [-0.3, -0.25) is 0 Å². The average Bonchev–Trinajstić information content (AvgIpc) is 2.16. The summed E-state index contributed by atoms with van der Waals surface area (Å²) >= 11 is 14.0. The van der Waals surface area contributed by atoms with Gasteiger partial charge in [-0.05, 0) is 12.2 Å². The minimum atomic E-state index is -0.994. The van der Waals surface area contributed by atoms with Gasteiger partial charge in [-0.1, -0.05) is 0 Å². The first kappa shape index (κ1) is 14.8. The second kappa shape index (κ2) is 10.3. The predicted octanol–water partition coefficient (Wildman–Crippen LogP) is 1.44. The van der Waals surface area contributed by atoms with Crippen molar-refractivity contribution < 1.29 is 9.90 Å². The quantitative estimate of drug-likeness (QED) is 0.472. The molecule has 1 unspecified atom stereocenters. The van der Waals surface area contributed by atoms with Crippen LogP contribution in [0, 0.1) is 0 Å². The lowest BCUT2D eigenvalue weighted by Crippen LogP contribution is -2.34. The van der Waals surface area contributed by atoms with Crippen LogP contribution in [-0.4, -0.2) is 40.2 Å². The van der Waals surface area contributed by atoms with Crippen LogP contribution in [-0.2, 0) is 4.79 Å². The number of carbonyl (C=O) groups is 1. The summed E-state index contributed by atoms with van der Waals surface area (Å²) in [6.07, 6.45) is 0.617. The number of rotatable bonds is 9. The number of carboxylic acid groups (broad SMARTS) is 1. The molecule has 6 heteroatoms. The average molecular weight is 276 g/mol. The molecular weight excluding hydrogens is 263 g/mol. The molecule has 0 aliphatic heterocycles. The molecule has 0 aromatic heterocycles. The third kappa shape index (κ3) is 8.09. The Kier molecular flexibility index (Phi) is 10.8. The molecular formula is C8H13Cl2O2S2-. The van der Waals surface area contributed by atoms with Crippen LogP contribution < -0.4 is 5.11 Å². The van der Waals surface area contributed by atoms with Gasteiger partial charge in [0, 0.05) is 28.5 Å². The van der Waals surface area contributed by atoms with E-state index >= 15 is 0 Å². The Labute approximate surface area is 103 Å². The number of aliphatic carboxylic acids is 1. The van der Waals surface area contributed by atoms with Crippen LogP contribution in [0.4, 0.5) is 0 Å². The predicted molar refractivity (Wildman–Crippen MR) is 64.6 cm³/mol. The van der Waals surface area contributed by atoms with Crippen molar-refractivity contribution in [2.75, 3.05) is 29.0 Å². The van der Waals surface area contributed by atoms with Gasteiger partial charge in [-0.25, -0.2) is 0 Å². The molecule has 0 amide bonds. The summed E-state index contributed by atoms with van der Waals surface area (Å²) in [7, 11) is 0. The summed E-state index contributed by atoms with van der Waals surface area (Å²) in [4.78, 5) is 10.7. The van der Waals surface area contributed by atoms with E-state index in [-0.39, 0.29) is 0 Å². The van der Waals surface area contributed by atoms with Crippen molar-refractivity contribution >= 4 is 52.7 Å². The molecule has 0 fully saturated rings.